The molecule has 1 atom stereocenters. The van der Waals surface area contributed by atoms with E-state index in [1.807, 2.05) is 24.3 Å². The molecule has 0 spiro atoms. The van der Waals surface area contributed by atoms with Gasteiger partial charge in [-0.3, -0.25) is 0 Å². The molecule has 0 aliphatic carbocycles. The van der Waals surface area contributed by atoms with Crippen LogP contribution in [0.4, 0.5) is 0 Å². The Morgan fingerprint density at radius 3 is 2.78 bits per heavy atom. The first-order valence-corrected chi connectivity index (χ1v) is 6.67. The first-order chi connectivity index (χ1) is 8.77. The van der Waals surface area contributed by atoms with Gasteiger partial charge in [-0.2, -0.15) is 0 Å². The zero-order valence-electron chi connectivity index (χ0n) is 11.1. The van der Waals surface area contributed by atoms with Gasteiger partial charge in [0.25, 0.3) is 0 Å². The Labute approximate surface area is 108 Å². The van der Waals surface area contributed by atoms with E-state index in [1.165, 1.54) is 0 Å². The molecule has 0 saturated heterocycles. The van der Waals surface area contributed by atoms with Crippen molar-refractivity contribution in [2.24, 2.45) is 0 Å². The van der Waals surface area contributed by atoms with Crippen LogP contribution in [0.25, 0.3) is 11.0 Å². The van der Waals surface area contributed by atoms with Crippen molar-refractivity contribution < 1.29 is 9.52 Å². The molecular formula is C15H21NO2. The van der Waals surface area contributed by atoms with Crippen molar-refractivity contribution in [2.45, 2.75) is 32.8 Å². The number of nitrogens with one attached hydrogen (secondary N) is 1. The number of rotatable bonds is 6. The highest BCUT2D eigenvalue weighted by molar-refractivity contribution is 5.82. The maximum absolute atomic E-state index is 10.2. The molecule has 0 amide bonds. The lowest BCUT2D eigenvalue weighted by Gasteiger charge is -2.10. The Kier molecular flexibility index (Phi) is 4.39. The summed E-state index contributed by atoms with van der Waals surface area (Å²) in [6.07, 6.45) is 1.36. The summed E-state index contributed by atoms with van der Waals surface area (Å²) in [5, 5.41) is 14.5. The monoisotopic (exact) mass is 247 g/mol. The van der Waals surface area contributed by atoms with Crippen LogP contribution in [0.2, 0.25) is 0 Å². The summed E-state index contributed by atoms with van der Waals surface area (Å²) in [7, 11) is 0. The van der Waals surface area contributed by atoms with Crippen LogP contribution in [-0.4, -0.2) is 18.2 Å². The van der Waals surface area contributed by atoms with Crippen LogP contribution < -0.4 is 5.32 Å². The average molecular weight is 247 g/mol. The Morgan fingerprint density at radius 1 is 1.28 bits per heavy atom. The van der Waals surface area contributed by atoms with Crippen molar-refractivity contribution in [3.8, 4) is 0 Å². The zero-order valence-corrected chi connectivity index (χ0v) is 11.1. The molecule has 1 aromatic carbocycles. The first-order valence-electron chi connectivity index (χ1n) is 6.67. The molecule has 18 heavy (non-hydrogen) atoms. The minimum atomic E-state index is -0.570. The van der Waals surface area contributed by atoms with Crippen molar-refractivity contribution in [1.82, 2.24) is 5.32 Å². The lowest BCUT2D eigenvalue weighted by atomic mass is 10.1. The van der Waals surface area contributed by atoms with Gasteiger partial charge in [0.05, 0.1) is 0 Å². The van der Waals surface area contributed by atoms with Gasteiger partial charge in [0.2, 0.25) is 0 Å². The summed E-state index contributed by atoms with van der Waals surface area (Å²) in [5.74, 6) is 0.710. The van der Waals surface area contributed by atoms with Gasteiger partial charge in [0, 0.05) is 17.5 Å². The molecule has 0 fully saturated rings. The second-order valence-electron chi connectivity index (χ2n) is 4.51. The first kappa shape index (κ1) is 13.1. The maximum Gasteiger partial charge on any atom is 0.138 e. The number of aliphatic hydroxyl groups excluding tert-OH is 1. The molecule has 2 N–H and O–H groups in total. The second-order valence-corrected chi connectivity index (χ2v) is 4.51. The number of aryl methyl sites for hydroxylation is 1. The van der Waals surface area contributed by atoms with Gasteiger partial charge in [-0.25, -0.2) is 0 Å². The quantitative estimate of drug-likeness (QED) is 0.771. The van der Waals surface area contributed by atoms with Gasteiger partial charge in [0.15, 0.2) is 0 Å². The van der Waals surface area contributed by atoms with E-state index in [0.717, 1.165) is 35.9 Å². The molecule has 3 nitrogen and oxygen atoms in total. The van der Waals surface area contributed by atoms with E-state index >= 15 is 0 Å². The number of furan rings is 1. The normalized spacial score (nSPS) is 13.1. The minimum absolute atomic E-state index is 0.542. The molecular weight excluding hydrogens is 226 g/mol. The lowest BCUT2D eigenvalue weighted by Crippen LogP contribution is -2.22. The number of hydrogen-bond acceptors (Lipinski definition) is 3. The fourth-order valence-electron chi connectivity index (χ4n) is 2.26. The third-order valence-corrected chi connectivity index (χ3v) is 3.15. The summed E-state index contributed by atoms with van der Waals surface area (Å²) in [5.41, 5.74) is 1.98. The van der Waals surface area contributed by atoms with E-state index in [1.54, 1.807) is 0 Å². The Bertz CT molecular complexity index is 504. The Balaban J connectivity index is 2.26. The fraction of sp³-hybridized carbons (Fsp3) is 0.467. The number of aliphatic hydroxyl groups is 1. The minimum Gasteiger partial charge on any atom is -0.458 e. The van der Waals surface area contributed by atoms with E-state index in [9.17, 15) is 5.11 Å². The molecule has 98 valence electrons. The average Bonchev–Trinajstić information content (AvgIpc) is 2.77. The van der Waals surface area contributed by atoms with Crippen LogP contribution >= 0.6 is 0 Å². The van der Waals surface area contributed by atoms with E-state index < -0.39 is 6.10 Å². The maximum atomic E-state index is 10.2. The van der Waals surface area contributed by atoms with Crippen molar-refractivity contribution >= 4 is 11.0 Å². The molecule has 1 heterocycles. The Morgan fingerprint density at radius 2 is 2.06 bits per heavy atom. The van der Waals surface area contributed by atoms with Crippen molar-refractivity contribution in [3.05, 3.63) is 35.6 Å². The van der Waals surface area contributed by atoms with Crippen LogP contribution in [0.1, 0.15) is 37.7 Å². The smallest absolute Gasteiger partial charge is 0.138 e. The molecule has 0 radical (unpaired) electrons. The van der Waals surface area contributed by atoms with E-state index in [4.69, 9.17) is 4.42 Å². The molecule has 0 saturated carbocycles. The number of benzene rings is 1. The van der Waals surface area contributed by atoms with Crippen molar-refractivity contribution in [3.63, 3.8) is 0 Å². The predicted molar refractivity (Wildman–Crippen MR) is 73.7 cm³/mol. The largest absolute Gasteiger partial charge is 0.458 e. The van der Waals surface area contributed by atoms with Crippen LogP contribution in [0.5, 0.6) is 0 Å². The molecule has 2 rings (SSSR count). The van der Waals surface area contributed by atoms with Gasteiger partial charge < -0.3 is 14.8 Å². The summed E-state index contributed by atoms with van der Waals surface area (Å²) in [6, 6.07) is 7.96. The van der Waals surface area contributed by atoms with Crippen LogP contribution in [0.3, 0.4) is 0 Å². The summed E-state index contributed by atoms with van der Waals surface area (Å²) >= 11 is 0. The molecule has 0 unspecified atom stereocenters. The van der Waals surface area contributed by atoms with Gasteiger partial charge in [-0.05, 0) is 25.5 Å². The molecule has 0 aliphatic heterocycles. The van der Waals surface area contributed by atoms with E-state index in [-0.39, 0.29) is 0 Å². The van der Waals surface area contributed by atoms with Crippen LogP contribution in [0, 0.1) is 0 Å². The summed E-state index contributed by atoms with van der Waals surface area (Å²) < 4.78 is 5.79. The number of fused-ring (bicyclic) bond motifs is 1. The van der Waals surface area contributed by atoms with E-state index in [0.29, 0.717) is 12.3 Å². The molecule has 2 aromatic rings. The van der Waals surface area contributed by atoms with Crippen molar-refractivity contribution in [2.75, 3.05) is 13.1 Å². The molecule has 0 aliphatic rings. The summed E-state index contributed by atoms with van der Waals surface area (Å²) in [4.78, 5) is 0. The lowest BCUT2D eigenvalue weighted by molar-refractivity contribution is 0.149. The fourth-order valence-corrected chi connectivity index (χ4v) is 2.26. The molecule has 0 bridgehead atoms. The van der Waals surface area contributed by atoms with Gasteiger partial charge in [-0.1, -0.05) is 32.0 Å². The van der Waals surface area contributed by atoms with Gasteiger partial charge in [0.1, 0.15) is 17.4 Å². The van der Waals surface area contributed by atoms with Crippen LogP contribution in [-0.2, 0) is 6.42 Å². The van der Waals surface area contributed by atoms with Gasteiger partial charge >= 0.3 is 0 Å². The Hall–Kier alpha value is -1.32. The topological polar surface area (TPSA) is 45.4 Å². The SMILES string of the molecule is CCCNC[C@H](O)c1oc2ccccc2c1CC. The third kappa shape index (κ3) is 2.57. The van der Waals surface area contributed by atoms with E-state index in [2.05, 4.69) is 19.2 Å². The van der Waals surface area contributed by atoms with Crippen molar-refractivity contribution in [1.29, 1.82) is 0 Å². The molecule has 1 aromatic heterocycles. The highest BCUT2D eigenvalue weighted by atomic mass is 16.4. The number of para-hydroxylation sites is 1. The highest BCUT2D eigenvalue weighted by Gasteiger charge is 2.18. The second kappa shape index (κ2) is 6.03. The third-order valence-electron chi connectivity index (χ3n) is 3.15. The van der Waals surface area contributed by atoms with Crippen LogP contribution in [0.15, 0.2) is 28.7 Å². The zero-order chi connectivity index (χ0) is 13.0. The predicted octanol–water partition coefficient (Wildman–Crippen LogP) is 3.03. The van der Waals surface area contributed by atoms with Gasteiger partial charge in [-0.15, -0.1) is 0 Å². The summed E-state index contributed by atoms with van der Waals surface area (Å²) in [6.45, 7) is 5.66. The standard InChI is InChI=1S/C15H21NO2/c1-3-9-16-10-13(17)15-11(4-2)12-7-5-6-8-14(12)18-15/h5-8,13,16-17H,3-4,9-10H2,1-2H3/t13-/m0/s1. The number of hydrogen-bond donors (Lipinski definition) is 2. The highest BCUT2D eigenvalue weighted by Crippen LogP contribution is 2.30. The molecule has 3 heteroatoms.